The van der Waals surface area contributed by atoms with E-state index in [0.717, 1.165) is 24.8 Å². The van der Waals surface area contributed by atoms with Crippen LogP contribution in [-0.2, 0) is 116 Å². The fourth-order valence-corrected chi connectivity index (χ4v) is 14.4. The number of ether oxygens (including phenoxy) is 12. The Kier molecular flexibility index (Phi) is 49.3. The molecule has 5 amide bonds. The van der Waals surface area contributed by atoms with Crippen molar-refractivity contribution in [2.24, 2.45) is 47.3 Å². The van der Waals surface area contributed by atoms with Gasteiger partial charge in [0.2, 0.25) is 23.6 Å². The molecule has 0 bridgehead atoms. The third-order valence-electron chi connectivity index (χ3n) is 22.3. The molecule has 1 saturated carbocycles. The molecule has 16 atom stereocenters. The fourth-order valence-electron chi connectivity index (χ4n) is 14.4. The molecule has 2 aliphatic heterocycles. The molecule has 0 spiro atoms. The molecule has 114 heavy (non-hydrogen) atoms. The summed E-state index contributed by atoms with van der Waals surface area (Å²) in [5.41, 5.74) is -0.704. The minimum Gasteiger partial charge on any atom is -0.466 e. The van der Waals surface area contributed by atoms with E-state index in [0.29, 0.717) is 147 Å². The van der Waals surface area contributed by atoms with Crippen LogP contribution in [0.5, 0.6) is 0 Å². The van der Waals surface area contributed by atoms with Gasteiger partial charge in [-0.15, -0.1) is 0 Å². The van der Waals surface area contributed by atoms with Crippen LogP contribution in [-0.4, -0.2) is 212 Å². The van der Waals surface area contributed by atoms with Crippen LogP contribution in [0.25, 0.3) is 0 Å². The summed E-state index contributed by atoms with van der Waals surface area (Å²) < 4.78 is 70.7. The first-order valence-corrected chi connectivity index (χ1v) is 41.9. The molecule has 4 rings (SSSR count). The number of Topliss-reactive ketones (excluding diaryl/α,β-unsaturated/α-hetero) is 4. The largest absolute Gasteiger partial charge is 0.466 e. The molecule has 2 saturated heterocycles. The lowest BCUT2D eigenvalue weighted by Gasteiger charge is -2.44. The Labute approximate surface area is 676 Å². The summed E-state index contributed by atoms with van der Waals surface area (Å²) in [4.78, 5) is 150. The zero-order valence-electron chi connectivity index (χ0n) is 70.4. The van der Waals surface area contributed by atoms with E-state index in [4.69, 9.17) is 56.8 Å². The molecular formula is C85H139N5O24. The molecule has 29 heteroatoms. The number of hydrogen-bond donors (Lipinski definition) is 5. The minimum absolute atomic E-state index is 0.00656. The topological polar surface area (TPSA) is 376 Å². The number of rotatable bonds is 60. The minimum atomic E-state index is -1.44. The van der Waals surface area contributed by atoms with Gasteiger partial charge < -0.3 is 83.4 Å². The highest BCUT2D eigenvalue weighted by atomic mass is 16.7. The molecule has 3 fully saturated rings. The van der Waals surface area contributed by atoms with E-state index in [9.17, 15) is 57.5 Å². The molecule has 648 valence electrons. The number of amides is 5. The molecule has 0 aromatic heterocycles. The Morgan fingerprint density at radius 1 is 0.395 bits per heavy atom. The molecule has 1 aliphatic carbocycles. The Balaban J connectivity index is 1.25. The van der Waals surface area contributed by atoms with Crippen LogP contribution < -0.4 is 26.6 Å². The van der Waals surface area contributed by atoms with Crippen molar-refractivity contribution >= 4 is 70.8 Å². The van der Waals surface area contributed by atoms with Crippen LogP contribution in [0.15, 0.2) is 30.3 Å². The highest BCUT2D eigenvalue weighted by molar-refractivity contribution is 5.80. The first kappa shape index (κ1) is 99.5. The van der Waals surface area contributed by atoms with Crippen LogP contribution in [0.4, 0.5) is 4.79 Å². The van der Waals surface area contributed by atoms with E-state index >= 15 is 0 Å². The molecule has 0 radical (unpaired) electrons. The predicted octanol–water partition coefficient (Wildman–Crippen LogP) is 10.2. The Bertz CT molecular complexity index is 2930. The van der Waals surface area contributed by atoms with Crippen molar-refractivity contribution < 1.29 is 114 Å². The number of alkyl carbamates (subject to hydrolysis) is 1. The van der Waals surface area contributed by atoms with Crippen LogP contribution in [0, 0.1) is 47.3 Å². The number of hydrogen-bond acceptors (Lipinski definition) is 24. The number of carbonyl (C=O) groups is 12. The second kappa shape index (κ2) is 56.5. The summed E-state index contributed by atoms with van der Waals surface area (Å²) in [6.45, 7) is 23.0. The van der Waals surface area contributed by atoms with Gasteiger partial charge in [0.25, 0.3) is 0 Å². The number of nitrogens with one attached hydrogen (secondary N) is 5. The van der Waals surface area contributed by atoms with Crippen molar-refractivity contribution in [2.45, 2.75) is 292 Å². The van der Waals surface area contributed by atoms with Crippen LogP contribution in [0.2, 0.25) is 0 Å². The quantitative estimate of drug-likeness (QED) is 0.0230. The van der Waals surface area contributed by atoms with Crippen molar-refractivity contribution in [2.75, 3.05) is 92.4 Å². The molecular weight excluding hydrogens is 1470 g/mol. The van der Waals surface area contributed by atoms with Gasteiger partial charge in [-0.25, -0.2) is 4.79 Å². The first-order chi connectivity index (χ1) is 54.5. The highest BCUT2D eigenvalue weighted by Gasteiger charge is 2.45. The van der Waals surface area contributed by atoms with E-state index in [1.165, 1.54) is 34.6 Å². The van der Waals surface area contributed by atoms with Gasteiger partial charge in [-0.3, -0.25) is 52.7 Å². The maximum absolute atomic E-state index is 13.7. The number of benzene rings is 1. The van der Waals surface area contributed by atoms with Crippen molar-refractivity contribution in [3.8, 4) is 0 Å². The SMILES string of the molecule is CC(=O)NC1[C@H](OCCCCC(=O)CCCCCC(=O)CCOCC(COCCC(=O)CCCCCC(=O)CCCCO[C@@H]2CC(COC(C)=O)[C@H](C)[C@H](C)C2C)(COCCC(=O)NCCCNC(=O)CCCCO[C@@H]2OC(COC(C)=O)[C@H](C)[C@H](C)C2NC(C)=O)NC(=O)OCc2ccccc2)OC(COC(C)=O)[C@H](C)[C@@H]1C. The maximum atomic E-state index is 13.7. The van der Waals surface area contributed by atoms with Gasteiger partial charge in [0.15, 0.2) is 12.6 Å². The van der Waals surface area contributed by atoms with Crippen molar-refractivity contribution in [3.63, 3.8) is 0 Å². The molecule has 1 aromatic carbocycles. The third kappa shape index (κ3) is 41.3. The summed E-state index contributed by atoms with van der Waals surface area (Å²) in [7, 11) is 0. The van der Waals surface area contributed by atoms with Crippen LogP contribution in [0.3, 0.4) is 0 Å². The number of carbonyl (C=O) groups excluding carboxylic acids is 12. The van der Waals surface area contributed by atoms with E-state index in [2.05, 4.69) is 47.4 Å². The summed E-state index contributed by atoms with van der Waals surface area (Å²) in [5.74, 6) is -0.509. The highest BCUT2D eigenvalue weighted by Crippen LogP contribution is 2.41. The fraction of sp³-hybridized carbons (Fsp3) is 0.788. The van der Waals surface area contributed by atoms with Gasteiger partial charge in [0.1, 0.15) is 48.5 Å². The second-order valence-corrected chi connectivity index (χ2v) is 31.7. The summed E-state index contributed by atoms with van der Waals surface area (Å²) >= 11 is 0. The van der Waals surface area contributed by atoms with E-state index < -0.39 is 60.4 Å². The smallest absolute Gasteiger partial charge is 0.408 e. The molecule has 29 nitrogen and oxygen atoms in total. The predicted molar refractivity (Wildman–Crippen MR) is 424 cm³/mol. The average Bonchev–Trinajstić information content (AvgIpc) is 0.815. The van der Waals surface area contributed by atoms with Crippen molar-refractivity contribution in [1.82, 2.24) is 26.6 Å². The Morgan fingerprint density at radius 3 is 1.23 bits per heavy atom. The maximum Gasteiger partial charge on any atom is 0.408 e. The summed E-state index contributed by atoms with van der Waals surface area (Å²) in [5, 5.41) is 14.5. The van der Waals surface area contributed by atoms with Gasteiger partial charge in [-0.1, -0.05) is 91.6 Å². The molecule has 3 aliphatic rings. The zero-order valence-corrected chi connectivity index (χ0v) is 70.4. The lowest BCUT2D eigenvalue weighted by Crippen LogP contribution is -2.58. The molecule has 5 N–H and O–H groups in total. The number of unbranched alkanes of at least 4 members (excludes halogenated alkanes) is 7. The standard InChI is InChI=1S/C85H139N5O24/c1-57-58(2)70(51-109-66(10)93)49-75(59(57)3)106-43-25-22-35-71(96)31-18-14-20-33-73(98)38-46-103-54-85(90-84(102)112-50-69-29-16-13-17-30-69,55-104-47-39-74(99)34-21-15-19-32-72(97)36-23-26-44-107-82-80(88-64(8)91)62(6)60(4)76(113-82)52-110-67(11)94)56-105-48-40-79(101)87-42-28-41-86-78(100)37-24-27-45-108-83-81(89-65(9)92)63(7)61(5)77(114-83)53-111-68(12)95/h13,16-17,29-30,57-63,70,75-77,80-83H,14-15,18-28,31-56H2,1-12H3,(H,86,100)(H,87,101)(H,88,91)(H,89,92)(H,90,102)/t57-,58+,59?,60+,61+,62-,63-,70?,75+,76?,77?,80?,81?,82+,83+,85?/m0/s1. The summed E-state index contributed by atoms with van der Waals surface area (Å²) in [6, 6.07) is 8.26. The van der Waals surface area contributed by atoms with E-state index in [1.807, 2.05) is 45.9 Å². The van der Waals surface area contributed by atoms with Gasteiger partial charge >= 0.3 is 24.0 Å². The normalized spacial score (nSPS) is 23.9. The van der Waals surface area contributed by atoms with Crippen molar-refractivity contribution in [1.29, 1.82) is 0 Å². The van der Waals surface area contributed by atoms with E-state index in [1.54, 1.807) is 12.1 Å². The lowest BCUT2D eigenvalue weighted by atomic mass is 9.67. The van der Waals surface area contributed by atoms with Gasteiger partial charge in [-0.05, 0) is 130 Å². The first-order valence-electron chi connectivity index (χ1n) is 41.9. The van der Waals surface area contributed by atoms with Gasteiger partial charge in [0.05, 0.1) is 76.6 Å². The van der Waals surface area contributed by atoms with Gasteiger partial charge in [0, 0.05) is 132 Å². The van der Waals surface area contributed by atoms with Crippen LogP contribution >= 0.6 is 0 Å². The molecule has 1 aromatic rings. The van der Waals surface area contributed by atoms with Gasteiger partial charge in [-0.2, -0.15) is 0 Å². The average molecular weight is 1620 g/mol. The monoisotopic (exact) mass is 1610 g/mol. The lowest BCUT2D eigenvalue weighted by molar-refractivity contribution is -0.244. The molecule has 7 unspecified atom stereocenters. The number of ketones is 4. The van der Waals surface area contributed by atoms with Crippen molar-refractivity contribution in [3.05, 3.63) is 35.9 Å². The second-order valence-electron chi connectivity index (χ2n) is 31.7. The van der Waals surface area contributed by atoms with Crippen LogP contribution in [0.1, 0.15) is 243 Å². The Hall–Kier alpha value is -6.86. The Morgan fingerprint density at radius 2 is 0.789 bits per heavy atom. The molecule has 2 heterocycles. The number of esters is 3. The zero-order chi connectivity index (χ0) is 83.8. The third-order valence-corrected chi connectivity index (χ3v) is 22.3. The summed E-state index contributed by atoms with van der Waals surface area (Å²) in [6.07, 6.45) is 8.25. The van der Waals surface area contributed by atoms with E-state index in [-0.39, 0.29) is 193 Å².